The molecule has 4 N–H and O–H groups in total. The second-order valence-corrected chi connectivity index (χ2v) is 7.12. The van der Waals surface area contributed by atoms with Crippen molar-refractivity contribution in [1.29, 1.82) is 0 Å². The van der Waals surface area contributed by atoms with Crippen LogP contribution in [0, 0.1) is 0 Å². The summed E-state index contributed by atoms with van der Waals surface area (Å²) in [4.78, 5) is 34.1. The van der Waals surface area contributed by atoms with Crippen LogP contribution in [0.5, 0.6) is 5.75 Å². The molecule has 0 spiro atoms. The average molecular weight is 440 g/mol. The van der Waals surface area contributed by atoms with E-state index in [0.717, 1.165) is 33.6 Å². The zero-order chi connectivity index (χ0) is 23.2. The van der Waals surface area contributed by atoms with Crippen molar-refractivity contribution in [2.45, 2.75) is 0 Å². The van der Waals surface area contributed by atoms with Crippen LogP contribution >= 0.6 is 0 Å². The van der Waals surface area contributed by atoms with Gasteiger partial charge in [-0.2, -0.15) is 0 Å². The first-order valence-corrected chi connectivity index (χ1v) is 10.0. The molecule has 2 heterocycles. The van der Waals surface area contributed by atoms with E-state index in [4.69, 9.17) is 20.6 Å². The molecule has 8 heteroatoms. The second kappa shape index (κ2) is 9.61. The van der Waals surface area contributed by atoms with E-state index >= 15 is 0 Å². The number of nitrogens with two attached hydrogens (primary N) is 1. The number of rotatable bonds is 8. The van der Waals surface area contributed by atoms with Crippen molar-refractivity contribution in [1.82, 2.24) is 15.0 Å². The molecule has 0 aliphatic carbocycles. The van der Waals surface area contributed by atoms with Crippen molar-refractivity contribution < 1.29 is 19.4 Å². The Hall–Kier alpha value is -4.72. The highest BCUT2D eigenvalue weighted by atomic mass is 16.5. The van der Waals surface area contributed by atoms with Gasteiger partial charge >= 0.3 is 5.97 Å². The number of aromatic nitrogens is 3. The summed E-state index contributed by atoms with van der Waals surface area (Å²) in [7, 11) is 0. The van der Waals surface area contributed by atoms with Crippen molar-refractivity contribution in [2.24, 2.45) is 5.73 Å². The Morgan fingerprint density at radius 3 is 2.36 bits per heavy atom. The van der Waals surface area contributed by atoms with E-state index in [2.05, 4.69) is 9.97 Å². The lowest BCUT2D eigenvalue weighted by Crippen LogP contribution is -2.09. The van der Waals surface area contributed by atoms with Crippen molar-refractivity contribution in [2.75, 3.05) is 6.61 Å². The molecule has 0 unspecified atom stereocenters. The molecule has 0 fully saturated rings. The predicted octanol–water partition coefficient (Wildman–Crippen LogP) is 3.77. The summed E-state index contributed by atoms with van der Waals surface area (Å²) in [5.41, 5.74) is 10.1. The van der Waals surface area contributed by atoms with Gasteiger partial charge in [0.1, 0.15) is 11.6 Å². The average Bonchev–Trinajstić information content (AvgIpc) is 3.28. The first kappa shape index (κ1) is 21.5. The number of aliphatic carboxylic acids is 1. The number of amides is 1. The fourth-order valence-electron chi connectivity index (χ4n) is 3.22. The highest BCUT2D eigenvalue weighted by Gasteiger charge is 2.16. The van der Waals surface area contributed by atoms with Crippen LogP contribution < -0.4 is 10.5 Å². The molecule has 0 radical (unpaired) electrons. The third-order valence-electron chi connectivity index (χ3n) is 4.77. The number of primary amides is 1. The summed E-state index contributed by atoms with van der Waals surface area (Å²) in [5, 5.41) is 8.79. The third-order valence-corrected chi connectivity index (χ3v) is 4.77. The van der Waals surface area contributed by atoms with Crippen LogP contribution in [-0.4, -0.2) is 38.5 Å². The van der Waals surface area contributed by atoms with E-state index in [1.54, 1.807) is 30.6 Å². The molecule has 0 aliphatic rings. The number of aromatic amines is 1. The summed E-state index contributed by atoms with van der Waals surface area (Å²) in [6.07, 6.45) is 6.39. The number of nitrogens with zero attached hydrogens (tertiary/aromatic N) is 2. The van der Waals surface area contributed by atoms with Crippen LogP contribution in [-0.2, 0) is 9.59 Å². The number of H-pyrrole nitrogens is 1. The molecule has 1 amide bonds. The number of benzene rings is 2. The minimum Gasteiger partial charge on any atom is -0.482 e. The van der Waals surface area contributed by atoms with Gasteiger partial charge < -0.3 is 20.6 Å². The fraction of sp³-hybridized carbons (Fsp3) is 0.0400. The van der Waals surface area contributed by atoms with E-state index < -0.39 is 18.5 Å². The lowest BCUT2D eigenvalue weighted by atomic mass is 10.0. The number of imidazole rings is 1. The molecule has 0 aliphatic heterocycles. The number of carbonyl (C=O) groups excluding carboxylic acids is 1. The Morgan fingerprint density at radius 1 is 1.00 bits per heavy atom. The predicted molar refractivity (Wildman–Crippen MR) is 124 cm³/mol. The summed E-state index contributed by atoms with van der Waals surface area (Å²) < 4.78 is 5.23. The number of nitrogens with one attached hydrogen (secondary N) is 1. The summed E-state index contributed by atoms with van der Waals surface area (Å²) in [5.74, 6) is -0.427. The van der Waals surface area contributed by atoms with Crippen LogP contribution in [0.3, 0.4) is 0 Å². The molecule has 4 rings (SSSR count). The van der Waals surface area contributed by atoms with Gasteiger partial charge in [-0.25, -0.2) is 9.78 Å². The van der Waals surface area contributed by atoms with Gasteiger partial charge in [0, 0.05) is 35.2 Å². The molecule has 2 aromatic carbocycles. The van der Waals surface area contributed by atoms with Crippen LogP contribution in [0.2, 0.25) is 0 Å². The molecular weight excluding hydrogens is 420 g/mol. The van der Waals surface area contributed by atoms with Crippen molar-refractivity contribution in [3.8, 4) is 39.7 Å². The van der Waals surface area contributed by atoms with Gasteiger partial charge in [-0.3, -0.25) is 9.78 Å². The standard InChI is InChI=1S/C25H20N4O4/c26-21(30)12-5-16-3-6-17(7-4-16)23-24(29-25(28-23)19-2-1-13-27-14-19)18-8-10-20(11-9-18)33-15-22(31)32/h1-14H,15H2,(H2,26,30)(H,28,29)(H,31,32)/b12-5+. The molecule has 33 heavy (non-hydrogen) atoms. The topological polar surface area (TPSA) is 131 Å². The monoisotopic (exact) mass is 440 g/mol. The minimum atomic E-state index is -1.04. The third kappa shape index (κ3) is 5.31. The van der Waals surface area contributed by atoms with Gasteiger partial charge in [0.05, 0.1) is 11.4 Å². The maximum atomic E-state index is 11.0. The van der Waals surface area contributed by atoms with E-state index in [0.29, 0.717) is 11.6 Å². The Morgan fingerprint density at radius 2 is 1.73 bits per heavy atom. The molecular formula is C25H20N4O4. The van der Waals surface area contributed by atoms with Gasteiger partial charge in [0.2, 0.25) is 5.91 Å². The Bertz CT molecular complexity index is 1290. The largest absolute Gasteiger partial charge is 0.482 e. The number of hydrogen-bond acceptors (Lipinski definition) is 5. The normalized spacial score (nSPS) is 10.9. The molecule has 2 aromatic heterocycles. The summed E-state index contributed by atoms with van der Waals surface area (Å²) >= 11 is 0. The number of carboxylic acids is 1. The molecule has 4 aromatic rings. The Labute approximate surface area is 189 Å². The van der Waals surface area contributed by atoms with E-state index in [1.165, 1.54) is 6.08 Å². The zero-order valence-electron chi connectivity index (χ0n) is 17.4. The van der Waals surface area contributed by atoms with Crippen LogP contribution in [0.15, 0.2) is 79.1 Å². The van der Waals surface area contributed by atoms with Gasteiger partial charge in [0.15, 0.2) is 6.61 Å². The molecule has 0 saturated heterocycles. The first-order valence-electron chi connectivity index (χ1n) is 10.0. The summed E-state index contributed by atoms with van der Waals surface area (Å²) in [6.45, 7) is -0.408. The van der Waals surface area contributed by atoms with Crippen LogP contribution in [0.1, 0.15) is 5.56 Å². The van der Waals surface area contributed by atoms with Gasteiger partial charge in [-0.05, 0) is 48.0 Å². The van der Waals surface area contributed by atoms with E-state index in [-0.39, 0.29) is 0 Å². The van der Waals surface area contributed by atoms with Crippen molar-refractivity contribution >= 4 is 18.0 Å². The molecule has 0 bridgehead atoms. The Balaban J connectivity index is 1.72. The number of pyridine rings is 1. The maximum absolute atomic E-state index is 11.0. The lowest BCUT2D eigenvalue weighted by Gasteiger charge is -2.06. The van der Waals surface area contributed by atoms with E-state index in [9.17, 15) is 9.59 Å². The highest BCUT2D eigenvalue weighted by Crippen LogP contribution is 2.34. The second-order valence-electron chi connectivity index (χ2n) is 7.12. The van der Waals surface area contributed by atoms with Crippen LogP contribution in [0.4, 0.5) is 0 Å². The smallest absolute Gasteiger partial charge is 0.341 e. The SMILES string of the molecule is NC(=O)/C=C/c1ccc(-c2[nH]c(-c3cccnc3)nc2-c2ccc(OCC(=O)O)cc2)cc1. The number of carboxylic acid groups (broad SMARTS) is 1. The van der Waals surface area contributed by atoms with E-state index in [1.807, 2.05) is 48.5 Å². The quantitative estimate of drug-likeness (QED) is 0.358. The lowest BCUT2D eigenvalue weighted by molar-refractivity contribution is -0.139. The minimum absolute atomic E-state index is 0.408. The highest BCUT2D eigenvalue weighted by molar-refractivity contribution is 5.90. The molecule has 0 atom stereocenters. The number of ether oxygens (including phenoxy) is 1. The Kier molecular flexibility index (Phi) is 6.26. The van der Waals surface area contributed by atoms with Crippen molar-refractivity contribution in [3.63, 3.8) is 0 Å². The van der Waals surface area contributed by atoms with Crippen LogP contribution in [0.25, 0.3) is 40.0 Å². The zero-order valence-corrected chi connectivity index (χ0v) is 17.4. The van der Waals surface area contributed by atoms with Gasteiger partial charge in [0.25, 0.3) is 0 Å². The maximum Gasteiger partial charge on any atom is 0.341 e. The fourth-order valence-corrected chi connectivity index (χ4v) is 3.22. The van der Waals surface area contributed by atoms with Gasteiger partial charge in [-0.1, -0.05) is 24.3 Å². The van der Waals surface area contributed by atoms with Gasteiger partial charge in [-0.15, -0.1) is 0 Å². The molecule has 8 nitrogen and oxygen atoms in total. The molecule has 164 valence electrons. The number of hydrogen-bond donors (Lipinski definition) is 3. The van der Waals surface area contributed by atoms with Crippen molar-refractivity contribution in [3.05, 3.63) is 84.7 Å². The summed E-state index contributed by atoms with van der Waals surface area (Å²) in [6, 6.07) is 18.4. The number of carbonyl (C=O) groups is 2. The first-order chi connectivity index (χ1) is 16.0. The molecule has 0 saturated carbocycles.